The van der Waals surface area contributed by atoms with Crippen LogP contribution in [0.1, 0.15) is 48.4 Å². The van der Waals surface area contributed by atoms with Crippen molar-refractivity contribution in [1.82, 2.24) is 14.8 Å². The molecule has 1 saturated carbocycles. The van der Waals surface area contributed by atoms with Crippen LogP contribution in [0, 0.1) is 12.8 Å². The highest BCUT2D eigenvalue weighted by Crippen LogP contribution is 2.50. The maximum Gasteiger partial charge on any atom is 0.230 e. The Bertz CT molecular complexity index is 673. The van der Waals surface area contributed by atoms with Crippen molar-refractivity contribution in [3.63, 3.8) is 0 Å². The number of hydrogen-bond donors (Lipinski definition) is 1. The van der Waals surface area contributed by atoms with Crippen molar-refractivity contribution in [2.24, 2.45) is 13.0 Å². The summed E-state index contributed by atoms with van der Waals surface area (Å²) in [5.74, 6) is 2.05. The summed E-state index contributed by atoms with van der Waals surface area (Å²) in [7, 11) is 1.81. The Morgan fingerprint density at radius 1 is 1.52 bits per heavy atom. The minimum absolute atomic E-state index is 0.0543. The van der Waals surface area contributed by atoms with E-state index in [2.05, 4.69) is 33.8 Å². The molecule has 0 bridgehead atoms. The zero-order valence-electron chi connectivity index (χ0n) is 12.8. The number of amides is 1. The van der Waals surface area contributed by atoms with E-state index in [0.717, 1.165) is 12.2 Å². The minimum atomic E-state index is 0.0543. The lowest BCUT2D eigenvalue weighted by Gasteiger charge is -2.03. The monoisotopic (exact) mass is 304 g/mol. The van der Waals surface area contributed by atoms with Gasteiger partial charge < -0.3 is 0 Å². The van der Waals surface area contributed by atoms with Gasteiger partial charge in [-0.05, 0) is 30.4 Å². The van der Waals surface area contributed by atoms with Gasteiger partial charge in [-0.2, -0.15) is 10.1 Å². The van der Waals surface area contributed by atoms with E-state index in [1.165, 1.54) is 10.4 Å². The topological polar surface area (TPSA) is 59.8 Å². The van der Waals surface area contributed by atoms with E-state index in [4.69, 9.17) is 0 Å². The van der Waals surface area contributed by atoms with E-state index in [-0.39, 0.29) is 17.7 Å². The number of nitrogens with one attached hydrogen (secondary N) is 1. The van der Waals surface area contributed by atoms with Crippen LogP contribution < -0.4 is 5.32 Å². The van der Waals surface area contributed by atoms with Gasteiger partial charge in [-0.25, -0.2) is 4.68 Å². The minimum Gasteiger partial charge on any atom is -0.294 e. The van der Waals surface area contributed by atoms with Crippen molar-refractivity contribution < 1.29 is 4.79 Å². The molecule has 0 aliphatic heterocycles. The molecule has 0 radical (unpaired) electrons. The van der Waals surface area contributed by atoms with Crippen LogP contribution >= 0.6 is 11.3 Å². The summed E-state index contributed by atoms with van der Waals surface area (Å²) in [6.07, 6.45) is 0.933. The zero-order chi connectivity index (χ0) is 15.1. The molecular weight excluding hydrogens is 284 g/mol. The Morgan fingerprint density at radius 3 is 2.86 bits per heavy atom. The average molecular weight is 304 g/mol. The standard InChI is InChI=1S/C15H20N4OS/c1-8(2)13-16-15(19(4)18-13)17-14(20)11-7-10(11)12-9(3)5-6-21-12/h5-6,8,10-11H,7H2,1-4H3,(H,16,17,18,20)/t10-,11-/m0/s1. The molecule has 1 N–H and O–H groups in total. The summed E-state index contributed by atoms with van der Waals surface area (Å²) in [5, 5.41) is 9.33. The fraction of sp³-hybridized carbons (Fsp3) is 0.533. The number of rotatable bonds is 4. The average Bonchev–Trinajstić information content (AvgIpc) is 2.97. The first-order valence-electron chi connectivity index (χ1n) is 7.23. The van der Waals surface area contributed by atoms with E-state index >= 15 is 0 Å². The smallest absolute Gasteiger partial charge is 0.230 e. The van der Waals surface area contributed by atoms with Crippen LogP contribution in [-0.2, 0) is 11.8 Å². The van der Waals surface area contributed by atoms with Gasteiger partial charge >= 0.3 is 0 Å². The molecular formula is C15H20N4OS. The number of carbonyl (C=O) groups excluding carboxylic acids is 1. The molecule has 2 aromatic heterocycles. The van der Waals surface area contributed by atoms with Crippen LogP contribution in [0.2, 0.25) is 0 Å². The highest BCUT2D eigenvalue weighted by atomic mass is 32.1. The fourth-order valence-electron chi connectivity index (χ4n) is 2.50. The lowest BCUT2D eigenvalue weighted by atomic mass is 10.2. The Balaban J connectivity index is 1.67. The van der Waals surface area contributed by atoms with Crippen molar-refractivity contribution in [3.8, 4) is 0 Å². The quantitative estimate of drug-likeness (QED) is 0.944. The Labute approximate surface area is 128 Å². The fourth-order valence-corrected chi connectivity index (χ4v) is 3.61. The first-order valence-corrected chi connectivity index (χ1v) is 8.11. The van der Waals surface area contributed by atoms with E-state index in [1.54, 1.807) is 16.0 Å². The molecule has 2 atom stereocenters. The second-order valence-corrected chi connectivity index (χ2v) is 6.93. The van der Waals surface area contributed by atoms with Crippen LogP contribution in [0.4, 0.5) is 5.95 Å². The van der Waals surface area contributed by atoms with E-state index in [9.17, 15) is 4.79 Å². The van der Waals surface area contributed by atoms with Crippen molar-refractivity contribution in [2.45, 2.75) is 39.0 Å². The SMILES string of the molecule is Cc1ccsc1[C@H]1C[C@@H]1C(=O)Nc1nc(C(C)C)nn1C. The number of carbonyl (C=O) groups is 1. The summed E-state index contributed by atoms with van der Waals surface area (Å²) in [6, 6.07) is 2.12. The summed E-state index contributed by atoms with van der Waals surface area (Å²) >= 11 is 1.75. The van der Waals surface area contributed by atoms with Crippen LogP contribution in [-0.4, -0.2) is 20.7 Å². The summed E-state index contributed by atoms with van der Waals surface area (Å²) in [5.41, 5.74) is 1.29. The number of anilines is 1. The van der Waals surface area contributed by atoms with Crippen LogP contribution in [0.5, 0.6) is 0 Å². The number of aryl methyl sites for hydroxylation is 2. The molecule has 0 saturated heterocycles. The normalized spacial score (nSPS) is 20.8. The molecule has 2 aromatic rings. The van der Waals surface area contributed by atoms with Crippen molar-refractivity contribution in [2.75, 3.05) is 5.32 Å². The highest BCUT2D eigenvalue weighted by Gasteiger charge is 2.45. The molecule has 1 fully saturated rings. The second kappa shape index (κ2) is 5.26. The number of hydrogen-bond acceptors (Lipinski definition) is 4. The van der Waals surface area contributed by atoms with Gasteiger partial charge in [0.1, 0.15) is 0 Å². The van der Waals surface area contributed by atoms with Gasteiger partial charge in [0, 0.05) is 29.7 Å². The van der Waals surface area contributed by atoms with Crippen LogP contribution in [0.15, 0.2) is 11.4 Å². The lowest BCUT2D eigenvalue weighted by Crippen LogP contribution is -2.17. The summed E-state index contributed by atoms with van der Waals surface area (Å²) in [4.78, 5) is 18.1. The molecule has 5 nitrogen and oxygen atoms in total. The molecule has 1 amide bonds. The predicted molar refractivity (Wildman–Crippen MR) is 83.6 cm³/mol. The molecule has 0 spiro atoms. The maximum atomic E-state index is 12.3. The largest absolute Gasteiger partial charge is 0.294 e. The third-order valence-electron chi connectivity index (χ3n) is 3.90. The molecule has 112 valence electrons. The van der Waals surface area contributed by atoms with Gasteiger partial charge in [0.2, 0.25) is 11.9 Å². The molecule has 1 aliphatic rings. The van der Waals surface area contributed by atoms with E-state index < -0.39 is 0 Å². The maximum absolute atomic E-state index is 12.3. The molecule has 1 aliphatic carbocycles. The van der Waals surface area contributed by atoms with Crippen molar-refractivity contribution in [1.29, 1.82) is 0 Å². The Hall–Kier alpha value is -1.69. The first kappa shape index (κ1) is 14.3. The molecule has 6 heteroatoms. The number of nitrogens with zero attached hydrogens (tertiary/aromatic N) is 3. The third kappa shape index (κ3) is 2.72. The van der Waals surface area contributed by atoms with Gasteiger partial charge in [0.25, 0.3) is 0 Å². The van der Waals surface area contributed by atoms with Crippen LogP contribution in [0.3, 0.4) is 0 Å². The number of thiophene rings is 1. The van der Waals surface area contributed by atoms with Gasteiger partial charge in [-0.15, -0.1) is 11.3 Å². The van der Waals surface area contributed by atoms with Gasteiger partial charge in [0.05, 0.1) is 0 Å². The zero-order valence-corrected chi connectivity index (χ0v) is 13.6. The Morgan fingerprint density at radius 2 is 2.29 bits per heavy atom. The lowest BCUT2D eigenvalue weighted by molar-refractivity contribution is -0.117. The molecule has 2 heterocycles. The Kier molecular flexibility index (Phi) is 3.57. The van der Waals surface area contributed by atoms with Gasteiger partial charge in [-0.1, -0.05) is 13.8 Å². The molecule has 0 unspecified atom stereocenters. The number of aromatic nitrogens is 3. The first-order chi connectivity index (χ1) is 9.97. The van der Waals surface area contributed by atoms with E-state index in [1.807, 2.05) is 20.9 Å². The van der Waals surface area contributed by atoms with Gasteiger partial charge in [-0.3, -0.25) is 10.1 Å². The third-order valence-corrected chi connectivity index (χ3v) is 5.05. The highest BCUT2D eigenvalue weighted by molar-refractivity contribution is 7.10. The van der Waals surface area contributed by atoms with Gasteiger partial charge in [0.15, 0.2) is 5.82 Å². The molecule has 21 heavy (non-hydrogen) atoms. The van der Waals surface area contributed by atoms with Crippen LogP contribution in [0.25, 0.3) is 0 Å². The molecule has 0 aromatic carbocycles. The summed E-state index contributed by atoms with van der Waals surface area (Å²) < 4.78 is 1.64. The summed E-state index contributed by atoms with van der Waals surface area (Å²) in [6.45, 7) is 6.19. The van der Waals surface area contributed by atoms with Crippen molar-refractivity contribution >= 4 is 23.2 Å². The second-order valence-electron chi connectivity index (χ2n) is 5.98. The predicted octanol–water partition coefficient (Wildman–Crippen LogP) is 3.05. The molecule has 3 rings (SSSR count). The van der Waals surface area contributed by atoms with E-state index in [0.29, 0.717) is 11.9 Å². The van der Waals surface area contributed by atoms with Crippen molar-refractivity contribution in [3.05, 3.63) is 27.7 Å².